The van der Waals surface area contributed by atoms with Gasteiger partial charge in [-0.2, -0.15) is 0 Å². The first-order chi connectivity index (χ1) is 12.5. The Hall–Kier alpha value is -3.06. The summed E-state index contributed by atoms with van der Waals surface area (Å²) in [4.78, 5) is 23.6. The number of amidine groups is 1. The lowest BCUT2D eigenvalue weighted by atomic mass is 10.1. The molecule has 0 aliphatic carbocycles. The van der Waals surface area contributed by atoms with Crippen LogP contribution in [0.3, 0.4) is 0 Å². The second-order valence-corrected chi connectivity index (χ2v) is 5.71. The van der Waals surface area contributed by atoms with Gasteiger partial charge in [0.1, 0.15) is 5.84 Å². The molecule has 7 nitrogen and oxygen atoms in total. The molecule has 144 valence electrons. The van der Waals surface area contributed by atoms with Crippen LogP contribution in [-0.4, -0.2) is 37.3 Å². The summed E-state index contributed by atoms with van der Waals surface area (Å²) >= 11 is 0. The smallest absolute Gasteiger partial charge is 0.239 e. The van der Waals surface area contributed by atoms with Gasteiger partial charge >= 0.3 is 0 Å². The molecule has 0 radical (unpaired) electrons. The number of nitrogens with one attached hydrogen (secondary N) is 4. The van der Waals surface area contributed by atoms with Gasteiger partial charge in [-0.3, -0.25) is 15.0 Å². The summed E-state index contributed by atoms with van der Waals surface area (Å²) in [5, 5.41) is 15.7. The summed E-state index contributed by atoms with van der Waals surface area (Å²) < 4.78 is 0. The zero-order valence-corrected chi connectivity index (χ0v) is 15.6. The SMILES string of the molecule is Cl.N=C(N)c1cccc(NCC(=O)NCC(=O)NCCc2ccccc2)c1. The molecule has 0 atom stereocenters. The Bertz CT molecular complexity index is 768. The van der Waals surface area contributed by atoms with Crippen LogP contribution in [-0.2, 0) is 16.0 Å². The summed E-state index contributed by atoms with van der Waals surface area (Å²) in [6.07, 6.45) is 0.745. The third-order valence-corrected chi connectivity index (χ3v) is 3.65. The fraction of sp³-hybridized carbons (Fsp3) is 0.211. The highest BCUT2D eigenvalue weighted by molar-refractivity contribution is 5.96. The van der Waals surface area contributed by atoms with E-state index >= 15 is 0 Å². The average molecular weight is 390 g/mol. The van der Waals surface area contributed by atoms with Crippen LogP contribution in [0.25, 0.3) is 0 Å². The molecule has 0 fully saturated rings. The Morgan fingerprint density at radius 1 is 0.926 bits per heavy atom. The van der Waals surface area contributed by atoms with E-state index in [0.717, 1.165) is 12.0 Å². The predicted molar refractivity (Wildman–Crippen MR) is 109 cm³/mol. The lowest BCUT2D eigenvalue weighted by molar-refractivity contribution is -0.125. The largest absolute Gasteiger partial charge is 0.384 e. The number of halogens is 1. The Morgan fingerprint density at radius 3 is 2.33 bits per heavy atom. The first-order valence-electron chi connectivity index (χ1n) is 8.30. The molecular weight excluding hydrogens is 366 g/mol. The van der Waals surface area contributed by atoms with Gasteiger partial charge in [0.05, 0.1) is 13.1 Å². The number of hydrogen-bond donors (Lipinski definition) is 5. The number of carbonyl (C=O) groups is 2. The minimum atomic E-state index is -0.295. The van der Waals surface area contributed by atoms with Crippen molar-refractivity contribution in [3.05, 3.63) is 65.7 Å². The van der Waals surface area contributed by atoms with E-state index in [1.54, 1.807) is 24.3 Å². The molecule has 0 aliphatic rings. The lowest BCUT2D eigenvalue weighted by Gasteiger charge is -2.09. The number of nitrogen functional groups attached to an aromatic ring is 1. The third-order valence-electron chi connectivity index (χ3n) is 3.65. The van der Waals surface area contributed by atoms with Crippen LogP contribution in [0, 0.1) is 5.41 Å². The highest BCUT2D eigenvalue weighted by atomic mass is 35.5. The van der Waals surface area contributed by atoms with Gasteiger partial charge in [-0.05, 0) is 24.1 Å². The fourth-order valence-corrected chi connectivity index (χ4v) is 2.27. The van der Waals surface area contributed by atoms with Gasteiger partial charge in [-0.1, -0.05) is 42.5 Å². The zero-order chi connectivity index (χ0) is 18.8. The lowest BCUT2D eigenvalue weighted by Crippen LogP contribution is -2.39. The van der Waals surface area contributed by atoms with Gasteiger partial charge in [0, 0.05) is 17.8 Å². The van der Waals surface area contributed by atoms with Crippen LogP contribution in [0.1, 0.15) is 11.1 Å². The summed E-state index contributed by atoms with van der Waals surface area (Å²) in [6, 6.07) is 16.8. The van der Waals surface area contributed by atoms with Crippen LogP contribution >= 0.6 is 12.4 Å². The third kappa shape index (κ3) is 8.24. The molecule has 0 spiro atoms. The van der Waals surface area contributed by atoms with Gasteiger partial charge in [-0.15, -0.1) is 12.4 Å². The second-order valence-electron chi connectivity index (χ2n) is 5.71. The van der Waals surface area contributed by atoms with E-state index in [0.29, 0.717) is 17.8 Å². The summed E-state index contributed by atoms with van der Waals surface area (Å²) in [7, 11) is 0. The van der Waals surface area contributed by atoms with Gasteiger partial charge in [0.2, 0.25) is 11.8 Å². The molecule has 0 bridgehead atoms. The Kier molecular flexibility index (Phi) is 9.39. The summed E-state index contributed by atoms with van der Waals surface area (Å²) in [6.45, 7) is 0.482. The summed E-state index contributed by atoms with van der Waals surface area (Å²) in [5.41, 5.74) is 7.83. The van der Waals surface area contributed by atoms with E-state index in [2.05, 4.69) is 16.0 Å². The number of rotatable bonds is 9. The van der Waals surface area contributed by atoms with Crippen molar-refractivity contribution < 1.29 is 9.59 Å². The van der Waals surface area contributed by atoms with E-state index < -0.39 is 0 Å². The molecule has 0 saturated heterocycles. The van der Waals surface area contributed by atoms with Crippen LogP contribution in [0.2, 0.25) is 0 Å². The number of anilines is 1. The standard InChI is InChI=1S/C19H23N5O2.ClH/c20-19(21)15-7-4-8-16(11-15)23-12-18(26)24-13-17(25)22-10-9-14-5-2-1-3-6-14;/h1-8,11,23H,9-10,12-13H2,(H3,20,21)(H,22,25)(H,24,26);1H. The molecule has 0 aromatic heterocycles. The Balaban J connectivity index is 0.00000364. The molecule has 0 saturated carbocycles. The molecule has 0 heterocycles. The number of benzene rings is 2. The number of amides is 2. The van der Waals surface area contributed by atoms with Crippen LogP contribution < -0.4 is 21.7 Å². The maximum Gasteiger partial charge on any atom is 0.239 e. The monoisotopic (exact) mass is 389 g/mol. The van der Waals surface area contributed by atoms with E-state index in [-0.39, 0.29) is 43.1 Å². The highest BCUT2D eigenvalue weighted by Crippen LogP contribution is 2.09. The predicted octanol–water partition coefficient (Wildman–Crippen LogP) is 1.28. The molecule has 2 rings (SSSR count). The van der Waals surface area contributed by atoms with E-state index in [4.69, 9.17) is 11.1 Å². The normalized spacial score (nSPS) is 9.63. The van der Waals surface area contributed by atoms with E-state index in [1.807, 2.05) is 30.3 Å². The molecule has 2 aromatic carbocycles. The van der Waals surface area contributed by atoms with Crippen LogP contribution in [0.15, 0.2) is 54.6 Å². The van der Waals surface area contributed by atoms with Gasteiger partial charge < -0.3 is 21.7 Å². The van der Waals surface area contributed by atoms with Crippen molar-refractivity contribution in [2.75, 3.05) is 25.0 Å². The van der Waals surface area contributed by atoms with E-state index in [9.17, 15) is 9.59 Å². The zero-order valence-electron chi connectivity index (χ0n) is 14.8. The minimum Gasteiger partial charge on any atom is -0.384 e. The van der Waals surface area contributed by atoms with E-state index in [1.165, 1.54) is 0 Å². The van der Waals surface area contributed by atoms with Crippen LogP contribution in [0.4, 0.5) is 5.69 Å². The molecule has 6 N–H and O–H groups in total. The van der Waals surface area contributed by atoms with Crippen molar-refractivity contribution in [3.63, 3.8) is 0 Å². The van der Waals surface area contributed by atoms with Gasteiger partial charge in [-0.25, -0.2) is 0 Å². The van der Waals surface area contributed by atoms with Crippen molar-refractivity contribution in [1.29, 1.82) is 5.41 Å². The fourth-order valence-electron chi connectivity index (χ4n) is 2.27. The number of nitrogens with two attached hydrogens (primary N) is 1. The molecule has 2 aromatic rings. The number of hydrogen-bond acceptors (Lipinski definition) is 4. The van der Waals surface area contributed by atoms with Crippen molar-refractivity contribution in [2.24, 2.45) is 5.73 Å². The minimum absolute atomic E-state index is 0. The molecule has 8 heteroatoms. The van der Waals surface area contributed by atoms with Crippen molar-refractivity contribution in [1.82, 2.24) is 10.6 Å². The van der Waals surface area contributed by atoms with Crippen molar-refractivity contribution in [3.8, 4) is 0 Å². The van der Waals surface area contributed by atoms with Gasteiger partial charge in [0.25, 0.3) is 0 Å². The Morgan fingerprint density at radius 2 is 1.63 bits per heavy atom. The molecule has 0 unspecified atom stereocenters. The molecular formula is C19H24ClN5O2. The highest BCUT2D eigenvalue weighted by Gasteiger charge is 2.06. The molecule has 0 aliphatic heterocycles. The Labute approximate surface area is 164 Å². The number of carbonyl (C=O) groups excluding carboxylic acids is 2. The van der Waals surface area contributed by atoms with Crippen molar-refractivity contribution >= 4 is 35.7 Å². The topological polar surface area (TPSA) is 120 Å². The average Bonchev–Trinajstić information content (AvgIpc) is 2.66. The summed E-state index contributed by atoms with van der Waals surface area (Å²) in [5.74, 6) is -0.561. The first-order valence-corrected chi connectivity index (χ1v) is 8.30. The second kappa shape index (κ2) is 11.5. The molecule has 2 amide bonds. The molecule has 27 heavy (non-hydrogen) atoms. The quantitative estimate of drug-likeness (QED) is 0.327. The van der Waals surface area contributed by atoms with Crippen LogP contribution in [0.5, 0.6) is 0 Å². The first kappa shape index (κ1) is 22.0. The maximum atomic E-state index is 11.8. The van der Waals surface area contributed by atoms with Gasteiger partial charge in [0.15, 0.2) is 0 Å². The van der Waals surface area contributed by atoms with Crippen molar-refractivity contribution in [2.45, 2.75) is 6.42 Å². The maximum absolute atomic E-state index is 11.8.